The van der Waals surface area contributed by atoms with Gasteiger partial charge in [-0.05, 0) is 24.3 Å². The smallest absolute Gasteiger partial charge is 0.387 e. The van der Waals surface area contributed by atoms with Gasteiger partial charge in [-0.25, -0.2) is 22.0 Å². The summed E-state index contributed by atoms with van der Waals surface area (Å²) in [6.07, 6.45) is 0. The van der Waals surface area contributed by atoms with Crippen LogP contribution in [0.1, 0.15) is 10.4 Å². The van der Waals surface area contributed by atoms with Gasteiger partial charge >= 0.3 is 12.6 Å². The molecule has 0 atom stereocenters. The first-order valence-electron chi connectivity index (χ1n) is 9.90. The maximum absolute atomic E-state index is 14.7. The highest BCUT2D eigenvalue weighted by atomic mass is 35.5. The van der Waals surface area contributed by atoms with Gasteiger partial charge in [0.25, 0.3) is 10.0 Å². The van der Waals surface area contributed by atoms with Crippen molar-refractivity contribution in [2.24, 2.45) is 5.73 Å². The quantitative estimate of drug-likeness (QED) is 0.281. The number of halogens is 6. The zero-order valence-electron chi connectivity index (χ0n) is 18.4. The van der Waals surface area contributed by atoms with Gasteiger partial charge in [0.1, 0.15) is 28.9 Å². The highest BCUT2D eigenvalue weighted by Gasteiger charge is 2.28. The number of carboxylic acids is 1. The number of nitrogens with two attached hydrogens (primary N) is 1. The molecule has 0 aliphatic carbocycles. The highest BCUT2D eigenvalue weighted by Crippen LogP contribution is 2.38. The van der Waals surface area contributed by atoms with Crippen LogP contribution >= 0.6 is 24.0 Å². The molecule has 0 aromatic heterocycles. The molecule has 0 saturated carbocycles. The average molecular weight is 585 g/mol. The molecule has 0 heterocycles. The van der Waals surface area contributed by atoms with Crippen LogP contribution in [0, 0.1) is 11.6 Å². The van der Waals surface area contributed by atoms with Crippen molar-refractivity contribution in [2.75, 3.05) is 17.9 Å². The predicted molar refractivity (Wildman–Crippen MR) is 129 cm³/mol. The van der Waals surface area contributed by atoms with Crippen LogP contribution in [0.2, 0.25) is 5.02 Å². The summed E-state index contributed by atoms with van der Waals surface area (Å²) in [5.74, 6) is -4.92. The number of ether oxygens (including phenoxy) is 2. The zero-order valence-corrected chi connectivity index (χ0v) is 20.8. The molecule has 0 radical (unpaired) electrons. The molecule has 0 bridgehead atoms. The topological polar surface area (TPSA) is 128 Å². The molecule has 8 nitrogen and oxygen atoms in total. The van der Waals surface area contributed by atoms with Crippen LogP contribution in [0.25, 0.3) is 11.1 Å². The Morgan fingerprint density at radius 3 is 2.38 bits per heavy atom. The van der Waals surface area contributed by atoms with E-state index in [1.807, 2.05) is 0 Å². The van der Waals surface area contributed by atoms with Crippen LogP contribution < -0.4 is 19.9 Å². The summed E-state index contributed by atoms with van der Waals surface area (Å²) < 4.78 is 92.6. The Morgan fingerprint density at radius 1 is 1.08 bits per heavy atom. The van der Waals surface area contributed by atoms with Gasteiger partial charge in [0, 0.05) is 23.7 Å². The van der Waals surface area contributed by atoms with Gasteiger partial charge in [-0.3, -0.25) is 4.72 Å². The summed E-state index contributed by atoms with van der Waals surface area (Å²) in [7, 11) is -4.99. The van der Waals surface area contributed by atoms with Gasteiger partial charge in [-0.2, -0.15) is 8.78 Å². The number of alkyl halides is 2. The first-order chi connectivity index (χ1) is 16.9. The number of carbonyl (C=O) groups is 1. The maximum Gasteiger partial charge on any atom is 0.387 e. The number of nitrogens with one attached hydrogen (secondary N) is 1. The van der Waals surface area contributed by atoms with Crippen LogP contribution in [-0.4, -0.2) is 39.3 Å². The van der Waals surface area contributed by atoms with E-state index < -0.39 is 61.2 Å². The Kier molecular flexibility index (Phi) is 9.98. The van der Waals surface area contributed by atoms with Gasteiger partial charge in [0.15, 0.2) is 5.75 Å². The standard InChI is InChI=1S/C22H17ClF4N2O6S.ClH/c23-14-7-11(21(30)31)8-19(20(14)35-22(26)27)36(32,33)29-17-9-13(15(24)10-16(17)25)12-3-1-2-4-18(12)34-6-5-28;/h1-4,7-10,22,29H,5-6,28H2,(H,30,31);1H. The highest BCUT2D eigenvalue weighted by molar-refractivity contribution is 7.92. The minimum Gasteiger partial charge on any atom is -0.492 e. The molecule has 0 saturated heterocycles. The third-order valence-corrected chi connectivity index (χ3v) is 6.26. The molecular formula is C22H18Cl2F4N2O6S. The average Bonchev–Trinajstić information content (AvgIpc) is 2.80. The lowest BCUT2D eigenvalue weighted by Gasteiger charge is -2.17. The minimum absolute atomic E-state index is 0. The van der Waals surface area contributed by atoms with Crippen molar-refractivity contribution in [1.29, 1.82) is 0 Å². The maximum atomic E-state index is 14.7. The van der Waals surface area contributed by atoms with E-state index in [4.69, 9.17) is 22.1 Å². The summed E-state index contributed by atoms with van der Waals surface area (Å²) in [5, 5.41) is 8.45. The van der Waals surface area contributed by atoms with Crippen LogP contribution in [0.3, 0.4) is 0 Å². The molecule has 200 valence electrons. The lowest BCUT2D eigenvalue weighted by atomic mass is 10.0. The number of para-hydroxylation sites is 1. The molecular weight excluding hydrogens is 567 g/mol. The van der Waals surface area contributed by atoms with Gasteiger partial charge in [-0.1, -0.05) is 29.8 Å². The van der Waals surface area contributed by atoms with Crippen LogP contribution in [-0.2, 0) is 10.0 Å². The Morgan fingerprint density at radius 2 is 1.76 bits per heavy atom. The summed E-state index contributed by atoms with van der Waals surface area (Å²) >= 11 is 5.79. The lowest BCUT2D eigenvalue weighted by Crippen LogP contribution is -2.18. The van der Waals surface area contributed by atoms with Crippen molar-refractivity contribution in [3.05, 3.63) is 70.8 Å². The molecule has 3 aromatic carbocycles. The molecule has 3 rings (SSSR count). The molecule has 3 aromatic rings. The number of sulfonamides is 1. The van der Waals surface area contributed by atoms with E-state index in [0.717, 1.165) is 6.07 Å². The third kappa shape index (κ3) is 6.95. The van der Waals surface area contributed by atoms with E-state index in [0.29, 0.717) is 18.2 Å². The first kappa shape index (κ1) is 30.0. The minimum atomic E-state index is -4.99. The van der Waals surface area contributed by atoms with E-state index in [1.165, 1.54) is 18.2 Å². The van der Waals surface area contributed by atoms with Crippen molar-refractivity contribution in [2.45, 2.75) is 11.5 Å². The van der Waals surface area contributed by atoms with Crippen LogP contribution in [0.4, 0.5) is 23.2 Å². The number of rotatable bonds is 10. The molecule has 37 heavy (non-hydrogen) atoms. The number of aromatic carboxylic acids is 1. The van der Waals surface area contributed by atoms with E-state index in [-0.39, 0.29) is 42.4 Å². The predicted octanol–water partition coefficient (Wildman–Crippen LogP) is 5.14. The molecule has 0 spiro atoms. The zero-order chi connectivity index (χ0) is 26.6. The van der Waals surface area contributed by atoms with Gasteiger partial charge in [-0.15, -0.1) is 12.4 Å². The van der Waals surface area contributed by atoms with Crippen molar-refractivity contribution in [3.63, 3.8) is 0 Å². The van der Waals surface area contributed by atoms with Crippen LogP contribution in [0.5, 0.6) is 11.5 Å². The third-order valence-electron chi connectivity index (χ3n) is 4.61. The normalized spacial score (nSPS) is 11.1. The lowest BCUT2D eigenvalue weighted by molar-refractivity contribution is -0.0516. The van der Waals surface area contributed by atoms with Crippen molar-refractivity contribution >= 4 is 45.7 Å². The van der Waals surface area contributed by atoms with Crippen molar-refractivity contribution in [3.8, 4) is 22.6 Å². The summed E-state index contributed by atoms with van der Waals surface area (Å²) in [4.78, 5) is 10.2. The molecule has 4 N–H and O–H groups in total. The van der Waals surface area contributed by atoms with E-state index >= 15 is 0 Å². The number of hydrogen-bond acceptors (Lipinski definition) is 6. The monoisotopic (exact) mass is 584 g/mol. The fraction of sp³-hybridized carbons (Fsp3) is 0.136. The first-order valence-corrected chi connectivity index (χ1v) is 11.8. The van der Waals surface area contributed by atoms with Crippen molar-refractivity contribution < 1.29 is 45.4 Å². The summed E-state index contributed by atoms with van der Waals surface area (Å²) in [5.41, 5.74) is 3.85. The molecule has 0 aliphatic heterocycles. The Hall–Kier alpha value is -3.26. The fourth-order valence-electron chi connectivity index (χ4n) is 3.11. The van der Waals surface area contributed by atoms with Crippen molar-refractivity contribution in [1.82, 2.24) is 0 Å². The Bertz CT molecular complexity index is 1410. The van der Waals surface area contributed by atoms with Gasteiger partial charge in [0.05, 0.1) is 16.3 Å². The molecule has 0 amide bonds. The van der Waals surface area contributed by atoms with Gasteiger partial charge < -0.3 is 20.3 Å². The summed E-state index contributed by atoms with van der Waals surface area (Å²) in [6, 6.07) is 8.49. The second-order valence-corrected chi connectivity index (χ2v) is 9.08. The molecule has 0 aliphatic rings. The van der Waals surface area contributed by atoms with E-state index in [1.54, 1.807) is 10.8 Å². The second-order valence-electron chi connectivity index (χ2n) is 7.02. The second kappa shape index (κ2) is 12.3. The fourth-order valence-corrected chi connectivity index (χ4v) is 4.67. The van der Waals surface area contributed by atoms with E-state index in [9.17, 15) is 35.9 Å². The largest absolute Gasteiger partial charge is 0.492 e. The molecule has 15 heteroatoms. The number of hydrogen-bond donors (Lipinski definition) is 3. The number of carboxylic acid groups (broad SMARTS) is 1. The SMILES string of the molecule is Cl.NCCOc1ccccc1-c1cc(NS(=O)(=O)c2cc(C(=O)O)cc(Cl)c2OC(F)F)c(F)cc1F. The van der Waals surface area contributed by atoms with Gasteiger partial charge in [0.2, 0.25) is 0 Å². The Balaban J connectivity index is 0.00000481. The number of anilines is 1. The number of benzene rings is 3. The Labute approximate surface area is 219 Å². The molecule has 0 unspecified atom stereocenters. The van der Waals surface area contributed by atoms with E-state index in [2.05, 4.69) is 4.74 Å². The summed E-state index contributed by atoms with van der Waals surface area (Å²) in [6.45, 7) is -3.30. The van der Waals surface area contributed by atoms with Crippen LogP contribution in [0.15, 0.2) is 53.4 Å². The molecule has 0 fully saturated rings.